The van der Waals surface area contributed by atoms with Gasteiger partial charge in [0.2, 0.25) is 0 Å². The summed E-state index contributed by atoms with van der Waals surface area (Å²) in [6.07, 6.45) is 7.88. The van der Waals surface area contributed by atoms with Gasteiger partial charge in [-0.3, -0.25) is 4.79 Å². The van der Waals surface area contributed by atoms with Crippen LogP contribution in [0.25, 0.3) is 16.5 Å². The van der Waals surface area contributed by atoms with E-state index in [1.807, 2.05) is 34.0 Å². The van der Waals surface area contributed by atoms with Crippen molar-refractivity contribution in [2.24, 2.45) is 0 Å². The summed E-state index contributed by atoms with van der Waals surface area (Å²) in [5.41, 5.74) is 3.36. The van der Waals surface area contributed by atoms with Crippen molar-refractivity contribution in [2.45, 2.75) is 46.2 Å². The van der Waals surface area contributed by atoms with E-state index in [9.17, 15) is 4.79 Å². The van der Waals surface area contributed by atoms with Crippen molar-refractivity contribution in [2.75, 3.05) is 6.54 Å². The number of nitrogens with zero attached hydrogens (tertiary/aromatic N) is 8. The Kier molecular flexibility index (Phi) is 5.52. The monoisotopic (exact) mass is 448 g/mol. The van der Waals surface area contributed by atoms with E-state index in [-0.39, 0.29) is 5.91 Å². The van der Waals surface area contributed by atoms with Crippen molar-refractivity contribution in [1.29, 1.82) is 0 Å². The van der Waals surface area contributed by atoms with Gasteiger partial charge in [0.05, 0.1) is 34.6 Å². The van der Waals surface area contributed by atoms with Gasteiger partial charge in [-0.25, -0.2) is 14.6 Å². The number of carbonyl (C=O) groups excluding carboxylic acids is 1. The topological polar surface area (TPSA) is 94.6 Å². The lowest BCUT2D eigenvalue weighted by Crippen LogP contribution is -2.38. The number of unbranched alkanes of at least 4 members (excludes halogenated alkanes) is 1. The van der Waals surface area contributed by atoms with Crippen LogP contribution in [-0.4, -0.2) is 51.9 Å². The lowest BCUT2D eigenvalue weighted by molar-refractivity contribution is 0.0706. The number of amides is 1. The molecule has 0 fully saturated rings. The van der Waals surface area contributed by atoms with Crippen LogP contribution in [0, 0.1) is 6.92 Å². The molecule has 1 aliphatic heterocycles. The van der Waals surface area contributed by atoms with Gasteiger partial charge in [0.15, 0.2) is 5.82 Å². The first-order valence-electron chi connectivity index (χ1n) is 10.8. The maximum Gasteiger partial charge on any atom is 0.257 e. The predicted octanol–water partition coefficient (Wildman–Crippen LogP) is 3.29. The minimum Gasteiger partial charge on any atom is -0.329 e. The molecule has 0 saturated carbocycles. The molecule has 5 rings (SSSR count). The highest BCUT2D eigenvalue weighted by Gasteiger charge is 2.27. The van der Waals surface area contributed by atoms with Crippen LogP contribution in [0.2, 0.25) is 0 Å². The van der Waals surface area contributed by atoms with Crippen LogP contribution in [0.1, 0.15) is 47.2 Å². The Bertz CT molecular complexity index is 1240. The van der Waals surface area contributed by atoms with Crippen LogP contribution < -0.4 is 0 Å². The number of carbonyl (C=O) groups is 1. The van der Waals surface area contributed by atoms with E-state index in [0.717, 1.165) is 46.9 Å². The molecule has 10 heteroatoms. The second-order valence-electron chi connectivity index (χ2n) is 7.87. The largest absolute Gasteiger partial charge is 0.329 e. The Hall–Kier alpha value is -3.40. The molecule has 1 aliphatic rings. The molecule has 1 amide bonds. The summed E-state index contributed by atoms with van der Waals surface area (Å²) < 4.78 is 3.71. The number of aryl methyl sites for hydroxylation is 1. The minimum atomic E-state index is -0.0396. The second-order valence-corrected chi connectivity index (χ2v) is 8.81. The number of hydrogen-bond acceptors (Lipinski definition) is 7. The highest BCUT2D eigenvalue weighted by Crippen LogP contribution is 2.27. The third-order valence-electron chi connectivity index (χ3n) is 5.70. The maximum atomic E-state index is 13.4. The lowest BCUT2D eigenvalue weighted by Gasteiger charge is -2.27. The molecule has 4 aromatic rings. The Morgan fingerprint density at radius 2 is 2.16 bits per heavy atom. The maximum absolute atomic E-state index is 13.4. The molecule has 0 atom stereocenters. The number of fused-ring (bicyclic) bond motifs is 1. The molecular weight excluding hydrogens is 424 g/mol. The molecule has 0 radical (unpaired) electrons. The number of thiophene rings is 1. The first kappa shape index (κ1) is 20.5. The molecule has 0 aromatic carbocycles. The summed E-state index contributed by atoms with van der Waals surface area (Å²) in [6, 6.07) is 4.06. The molecule has 9 nitrogen and oxygen atoms in total. The Labute approximate surface area is 189 Å². The van der Waals surface area contributed by atoms with Crippen molar-refractivity contribution in [3.63, 3.8) is 0 Å². The van der Waals surface area contributed by atoms with Gasteiger partial charge in [0, 0.05) is 19.3 Å². The first-order valence-corrected chi connectivity index (χ1v) is 11.6. The van der Waals surface area contributed by atoms with Gasteiger partial charge in [0.1, 0.15) is 6.33 Å². The first-order chi connectivity index (χ1) is 15.7. The lowest BCUT2D eigenvalue weighted by atomic mass is 10.1. The highest BCUT2D eigenvalue weighted by molar-refractivity contribution is 7.13. The molecule has 0 bridgehead atoms. The fourth-order valence-electron chi connectivity index (χ4n) is 3.92. The van der Waals surface area contributed by atoms with Crippen LogP contribution in [0.15, 0.2) is 36.2 Å². The van der Waals surface area contributed by atoms with Crippen molar-refractivity contribution in [1.82, 2.24) is 39.4 Å². The molecular formula is C22H24N8OS. The van der Waals surface area contributed by atoms with Crippen molar-refractivity contribution < 1.29 is 4.79 Å². The van der Waals surface area contributed by atoms with Crippen molar-refractivity contribution >= 4 is 17.2 Å². The van der Waals surface area contributed by atoms with Gasteiger partial charge in [-0.05, 0) is 36.8 Å². The van der Waals surface area contributed by atoms with Crippen molar-refractivity contribution in [3.8, 4) is 16.5 Å². The summed E-state index contributed by atoms with van der Waals surface area (Å²) >= 11 is 1.64. The average molecular weight is 449 g/mol. The van der Waals surface area contributed by atoms with E-state index in [2.05, 4.69) is 33.3 Å². The Morgan fingerprint density at radius 3 is 2.97 bits per heavy atom. The number of hydrogen-bond donors (Lipinski definition) is 0. The van der Waals surface area contributed by atoms with Gasteiger partial charge in [0.25, 0.3) is 11.9 Å². The van der Waals surface area contributed by atoms with Crippen LogP contribution in [0.3, 0.4) is 0 Å². The zero-order valence-corrected chi connectivity index (χ0v) is 18.9. The predicted molar refractivity (Wildman–Crippen MR) is 121 cm³/mol. The van der Waals surface area contributed by atoms with Crippen LogP contribution in [-0.2, 0) is 19.5 Å². The summed E-state index contributed by atoms with van der Waals surface area (Å²) in [5.74, 6) is 1.25. The second kappa shape index (κ2) is 8.62. The molecule has 4 aromatic heterocycles. The summed E-state index contributed by atoms with van der Waals surface area (Å²) in [5, 5.41) is 14.7. The van der Waals surface area contributed by atoms with Crippen molar-refractivity contribution in [3.05, 3.63) is 58.9 Å². The van der Waals surface area contributed by atoms with Gasteiger partial charge in [-0.2, -0.15) is 5.10 Å². The minimum absolute atomic E-state index is 0.0396. The zero-order chi connectivity index (χ0) is 22.1. The highest BCUT2D eigenvalue weighted by atomic mass is 32.1. The van der Waals surface area contributed by atoms with E-state index in [1.54, 1.807) is 28.5 Å². The summed E-state index contributed by atoms with van der Waals surface area (Å²) in [4.78, 5) is 25.7. The fourth-order valence-corrected chi connectivity index (χ4v) is 4.70. The molecule has 0 N–H and O–H groups in total. The fraction of sp³-hybridized carbons (Fsp3) is 0.364. The summed E-state index contributed by atoms with van der Waals surface area (Å²) in [7, 11) is 0. The van der Waals surface area contributed by atoms with E-state index < -0.39 is 0 Å². The molecule has 5 heterocycles. The van der Waals surface area contributed by atoms with Gasteiger partial charge >= 0.3 is 0 Å². The molecule has 0 unspecified atom stereocenters. The van der Waals surface area contributed by atoms with Gasteiger partial charge in [-0.15, -0.1) is 21.5 Å². The molecule has 0 spiro atoms. The quantitative estimate of drug-likeness (QED) is 0.449. The zero-order valence-electron chi connectivity index (χ0n) is 18.1. The number of rotatable bonds is 6. The number of aromatic nitrogens is 7. The van der Waals surface area contributed by atoms with Gasteiger partial charge in [-0.1, -0.05) is 19.4 Å². The smallest absolute Gasteiger partial charge is 0.257 e. The van der Waals surface area contributed by atoms with E-state index in [0.29, 0.717) is 31.1 Å². The standard InChI is InChI=1S/C22H24N8OS/c1-3-4-6-17-16(21(31)28-8-9-29-14-24-27-19(29)13-28)12-25-30(17)22-23-11-15(2)20(26-22)18-7-5-10-32-18/h5,7,10-12,14H,3-4,6,8-9,13H2,1-2H3. The van der Waals surface area contributed by atoms with E-state index >= 15 is 0 Å². The van der Waals surface area contributed by atoms with Crippen LogP contribution in [0.5, 0.6) is 0 Å². The molecule has 32 heavy (non-hydrogen) atoms. The average Bonchev–Trinajstić information content (AvgIpc) is 3.57. The van der Waals surface area contributed by atoms with E-state index in [1.165, 1.54) is 0 Å². The summed E-state index contributed by atoms with van der Waals surface area (Å²) in [6.45, 7) is 5.89. The Morgan fingerprint density at radius 1 is 1.25 bits per heavy atom. The van der Waals surface area contributed by atoms with Gasteiger partial charge < -0.3 is 9.47 Å². The van der Waals surface area contributed by atoms with Crippen LogP contribution >= 0.6 is 11.3 Å². The third-order valence-corrected chi connectivity index (χ3v) is 6.57. The molecule has 0 saturated heterocycles. The third kappa shape index (κ3) is 3.70. The molecule has 0 aliphatic carbocycles. The SMILES string of the molecule is CCCCc1c(C(=O)N2CCn3cnnc3C2)cnn1-c1ncc(C)c(-c2cccs2)n1. The Balaban J connectivity index is 1.51. The normalized spacial score (nSPS) is 13.4. The van der Waals surface area contributed by atoms with E-state index in [4.69, 9.17) is 4.98 Å². The van der Waals surface area contributed by atoms with Crippen LogP contribution in [0.4, 0.5) is 0 Å². The molecule has 164 valence electrons.